The second kappa shape index (κ2) is 7.07. The lowest BCUT2D eigenvalue weighted by Crippen LogP contribution is -2.48. The molecule has 0 radical (unpaired) electrons. The van der Waals surface area contributed by atoms with E-state index in [4.69, 9.17) is 4.74 Å². The number of para-hydroxylation sites is 1. The summed E-state index contributed by atoms with van der Waals surface area (Å²) in [4.78, 5) is 51.0. The third-order valence-corrected chi connectivity index (χ3v) is 5.08. The molecule has 2 amide bonds. The number of hydrazone groups is 1. The van der Waals surface area contributed by atoms with E-state index in [-0.39, 0.29) is 23.6 Å². The number of anilines is 1. The number of hydrogen-bond donors (Lipinski definition) is 1. The van der Waals surface area contributed by atoms with Gasteiger partial charge in [0.1, 0.15) is 5.92 Å². The molecule has 0 aliphatic carbocycles. The Morgan fingerprint density at radius 1 is 1.23 bits per heavy atom. The van der Waals surface area contributed by atoms with E-state index in [0.29, 0.717) is 5.69 Å². The molecule has 2 aliphatic heterocycles. The molecule has 2 heterocycles. The van der Waals surface area contributed by atoms with Crippen LogP contribution < -0.4 is 10.3 Å². The number of nitro benzene ring substituents is 1. The second-order valence-electron chi connectivity index (χ2n) is 6.69. The average molecular weight is 408 g/mol. The number of non-ortho nitro benzene ring substituents is 1. The molecule has 10 nitrogen and oxygen atoms in total. The summed E-state index contributed by atoms with van der Waals surface area (Å²) in [6.45, 7) is 1.66. The van der Waals surface area contributed by atoms with Crippen LogP contribution in [0, 0.1) is 16.0 Å². The highest BCUT2D eigenvalue weighted by Gasteiger charge is 2.67. The predicted molar refractivity (Wildman–Crippen MR) is 104 cm³/mol. The molecular weight excluding hydrogens is 392 g/mol. The number of imide groups is 1. The first-order chi connectivity index (χ1) is 14.4. The lowest BCUT2D eigenvalue weighted by molar-refractivity contribution is -0.385. The summed E-state index contributed by atoms with van der Waals surface area (Å²) >= 11 is 0. The summed E-state index contributed by atoms with van der Waals surface area (Å²) in [5, 5.41) is 15.2. The van der Waals surface area contributed by atoms with Gasteiger partial charge < -0.3 is 4.74 Å². The first-order valence-electron chi connectivity index (χ1n) is 9.12. The molecule has 2 aromatic carbocycles. The van der Waals surface area contributed by atoms with Gasteiger partial charge in [-0.1, -0.05) is 30.3 Å². The zero-order valence-corrected chi connectivity index (χ0v) is 15.8. The maximum atomic E-state index is 13.6. The minimum Gasteiger partial charge on any atom is -0.461 e. The number of nitro groups is 1. The number of fused-ring (bicyclic) bond motifs is 1. The van der Waals surface area contributed by atoms with Gasteiger partial charge in [0.05, 0.1) is 17.2 Å². The summed E-state index contributed by atoms with van der Waals surface area (Å²) in [7, 11) is 0. The van der Waals surface area contributed by atoms with Crippen molar-refractivity contribution < 1.29 is 24.0 Å². The van der Waals surface area contributed by atoms with Crippen molar-refractivity contribution in [3.05, 3.63) is 70.3 Å². The van der Waals surface area contributed by atoms with Crippen molar-refractivity contribution >= 4 is 34.9 Å². The zero-order chi connectivity index (χ0) is 21.5. The third-order valence-electron chi connectivity index (χ3n) is 5.08. The Morgan fingerprint density at radius 2 is 1.97 bits per heavy atom. The minimum atomic E-state index is -1.79. The molecule has 1 saturated heterocycles. The van der Waals surface area contributed by atoms with E-state index >= 15 is 0 Å². The van der Waals surface area contributed by atoms with E-state index in [1.807, 2.05) is 0 Å². The fourth-order valence-electron chi connectivity index (χ4n) is 3.77. The molecule has 30 heavy (non-hydrogen) atoms. The molecule has 10 heteroatoms. The van der Waals surface area contributed by atoms with Crippen LogP contribution >= 0.6 is 0 Å². The van der Waals surface area contributed by atoms with Crippen molar-refractivity contribution in [1.29, 1.82) is 0 Å². The van der Waals surface area contributed by atoms with Crippen LogP contribution in [0.1, 0.15) is 12.5 Å². The molecule has 0 bridgehead atoms. The third kappa shape index (κ3) is 2.65. The van der Waals surface area contributed by atoms with Gasteiger partial charge in [-0.3, -0.25) is 25.1 Å². The monoisotopic (exact) mass is 408 g/mol. The molecular formula is C20H16N4O6. The lowest BCUT2D eigenvalue weighted by atomic mass is 9.78. The molecule has 2 aliphatic rings. The molecule has 4 rings (SSSR count). The molecule has 0 aromatic heterocycles. The number of amides is 2. The van der Waals surface area contributed by atoms with Crippen molar-refractivity contribution in [2.75, 3.05) is 11.5 Å². The van der Waals surface area contributed by atoms with Gasteiger partial charge in [0, 0.05) is 12.1 Å². The lowest BCUT2D eigenvalue weighted by Gasteiger charge is -2.26. The molecule has 0 spiro atoms. The van der Waals surface area contributed by atoms with Gasteiger partial charge in [0.2, 0.25) is 5.91 Å². The highest BCUT2D eigenvalue weighted by atomic mass is 16.6. The summed E-state index contributed by atoms with van der Waals surface area (Å²) < 4.78 is 5.00. The van der Waals surface area contributed by atoms with Gasteiger partial charge in [0.25, 0.3) is 11.6 Å². The van der Waals surface area contributed by atoms with Crippen LogP contribution in [0.25, 0.3) is 0 Å². The number of ether oxygens (including phenoxy) is 1. The van der Waals surface area contributed by atoms with E-state index in [0.717, 1.165) is 4.90 Å². The summed E-state index contributed by atoms with van der Waals surface area (Å²) in [6.07, 6.45) is 0. The zero-order valence-electron chi connectivity index (χ0n) is 15.8. The van der Waals surface area contributed by atoms with Crippen LogP contribution in [0.2, 0.25) is 0 Å². The van der Waals surface area contributed by atoms with Crippen LogP contribution in [0.3, 0.4) is 0 Å². The maximum absolute atomic E-state index is 13.6. The van der Waals surface area contributed by atoms with Crippen LogP contribution in [0.4, 0.5) is 11.4 Å². The van der Waals surface area contributed by atoms with Gasteiger partial charge in [-0.05, 0) is 24.6 Å². The number of nitrogens with one attached hydrogen (secondary N) is 1. The molecule has 152 valence electrons. The SMILES string of the molecule is CCOC(=O)C1=NNC2(c3cccc([N+](=O)[O-])c3)C(=O)N(c3ccccc3)C(=O)C12. The van der Waals surface area contributed by atoms with Crippen LogP contribution in [0.15, 0.2) is 59.7 Å². The van der Waals surface area contributed by atoms with Crippen LogP contribution in [-0.2, 0) is 24.7 Å². The molecule has 1 N–H and O–H groups in total. The van der Waals surface area contributed by atoms with E-state index in [1.54, 1.807) is 37.3 Å². The number of esters is 1. The van der Waals surface area contributed by atoms with Crippen molar-refractivity contribution in [1.82, 2.24) is 5.43 Å². The first kappa shape index (κ1) is 19.2. The van der Waals surface area contributed by atoms with E-state index in [2.05, 4.69) is 10.5 Å². The number of carbonyl (C=O) groups is 3. The largest absolute Gasteiger partial charge is 0.461 e. The fraction of sp³-hybridized carbons (Fsp3) is 0.200. The van der Waals surface area contributed by atoms with E-state index < -0.39 is 34.2 Å². The number of carbonyl (C=O) groups excluding carboxylic acids is 3. The highest BCUT2D eigenvalue weighted by Crippen LogP contribution is 2.45. The van der Waals surface area contributed by atoms with Gasteiger partial charge in [0.15, 0.2) is 11.3 Å². The quantitative estimate of drug-likeness (QED) is 0.343. The Labute approximate surface area is 170 Å². The Morgan fingerprint density at radius 3 is 2.63 bits per heavy atom. The number of nitrogens with zero attached hydrogens (tertiary/aromatic N) is 3. The summed E-state index contributed by atoms with van der Waals surface area (Å²) in [5.74, 6) is -3.52. The fourth-order valence-corrected chi connectivity index (χ4v) is 3.77. The van der Waals surface area contributed by atoms with Gasteiger partial charge >= 0.3 is 5.97 Å². The number of rotatable bonds is 5. The number of hydrogen-bond acceptors (Lipinski definition) is 8. The Bertz CT molecular complexity index is 1100. The Hall–Kier alpha value is -4.08. The van der Waals surface area contributed by atoms with Crippen LogP contribution in [0.5, 0.6) is 0 Å². The normalized spacial score (nSPS) is 22.4. The summed E-state index contributed by atoms with van der Waals surface area (Å²) in [5.41, 5.74) is 0.808. The van der Waals surface area contributed by atoms with Crippen molar-refractivity contribution in [3.8, 4) is 0 Å². The first-order valence-corrected chi connectivity index (χ1v) is 9.12. The van der Waals surface area contributed by atoms with E-state index in [1.165, 1.54) is 24.3 Å². The molecule has 2 unspecified atom stereocenters. The van der Waals surface area contributed by atoms with E-state index in [9.17, 15) is 24.5 Å². The molecule has 0 saturated carbocycles. The van der Waals surface area contributed by atoms with Crippen molar-refractivity contribution in [2.45, 2.75) is 12.5 Å². The molecule has 2 atom stereocenters. The summed E-state index contributed by atoms with van der Waals surface area (Å²) in [6, 6.07) is 13.6. The molecule has 1 fully saturated rings. The minimum absolute atomic E-state index is 0.0545. The predicted octanol–water partition coefficient (Wildman–Crippen LogP) is 1.50. The van der Waals surface area contributed by atoms with Gasteiger partial charge in [-0.25, -0.2) is 9.69 Å². The Balaban J connectivity index is 1.89. The maximum Gasteiger partial charge on any atom is 0.355 e. The van der Waals surface area contributed by atoms with Crippen LogP contribution in [-0.4, -0.2) is 35.0 Å². The molecule has 2 aromatic rings. The Kier molecular flexibility index (Phi) is 4.53. The average Bonchev–Trinajstić information content (AvgIpc) is 3.25. The topological polar surface area (TPSA) is 131 Å². The number of benzene rings is 2. The van der Waals surface area contributed by atoms with Crippen molar-refractivity contribution in [3.63, 3.8) is 0 Å². The smallest absolute Gasteiger partial charge is 0.355 e. The standard InChI is InChI=1S/C20H16N4O6/c1-2-30-18(26)16-15-17(25)23(13-8-4-3-5-9-13)19(27)20(15,22-21-16)12-7-6-10-14(11-12)24(28)29/h3-11,15,22H,2H2,1H3. The highest BCUT2D eigenvalue weighted by molar-refractivity contribution is 6.47. The van der Waals surface area contributed by atoms with Crippen molar-refractivity contribution in [2.24, 2.45) is 11.0 Å². The van der Waals surface area contributed by atoms with Gasteiger partial charge in [-0.2, -0.15) is 5.10 Å². The van der Waals surface area contributed by atoms with Gasteiger partial charge in [-0.15, -0.1) is 0 Å². The second-order valence-corrected chi connectivity index (χ2v) is 6.69.